The zero-order valence-electron chi connectivity index (χ0n) is 17.7. The Labute approximate surface area is 166 Å². The molecule has 2 aliphatic carbocycles. The first-order valence-corrected chi connectivity index (χ1v) is 10.7. The Morgan fingerprint density at radius 1 is 1.26 bits per heavy atom. The summed E-state index contributed by atoms with van der Waals surface area (Å²) in [5.41, 5.74) is 1.59. The molecule has 0 radical (unpaired) electrons. The van der Waals surface area contributed by atoms with Crippen LogP contribution in [0.15, 0.2) is 23.8 Å². The predicted molar refractivity (Wildman–Crippen MR) is 113 cm³/mol. The van der Waals surface area contributed by atoms with Crippen LogP contribution in [-0.2, 0) is 0 Å². The van der Waals surface area contributed by atoms with E-state index >= 15 is 0 Å². The third kappa shape index (κ3) is 6.79. The van der Waals surface area contributed by atoms with Crippen LogP contribution in [0.4, 0.5) is 0 Å². The second kappa shape index (κ2) is 11.1. The number of allylic oxidation sites excluding steroid dienone is 2. The van der Waals surface area contributed by atoms with Crippen molar-refractivity contribution in [2.75, 3.05) is 20.6 Å². The van der Waals surface area contributed by atoms with Crippen molar-refractivity contribution in [1.29, 1.82) is 0 Å². The van der Waals surface area contributed by atoms with Crippen LogP contribution in [0.25, 0.3) is 0 Å². The molecular formula is C24H39NO2. The molecular weight excluding hydrogens is 334 g/mol. The van der Waals surface area contributed by atoms with Crippen molar-refractivity contribution < 1.29 is 10.2 Å². The Balaban J connectivity index is 1.85. The molecule has 0 spiro atoms. The molecule has 2 aliphatic rings. The highest BCUT2D eigenvalue weighted by molar-refractivity contribution is 5.18. The number of hydrogen-bond donors (Lipinski definition) is 2. The Morgan fingerprint density at radius 2 is 2.04 bits per heavy atom. The zero-order valence-corrected chi connectivity index (χ0v) is 17.7. The molecule has 0 aromatic rings. The van der Waals surface area contributed by atoms with Gasteiger partial charge in [0.25, 0.3) is 0 Å². The monoisotopic (exact) mass is 373 g/mol. The molecule has 6 atom stereocenters. The minimum absolute atomic E-state index is 0.129. The van der Waals surface area contributed by atoms with Gasteiger partial charge in [-0.3, -0.25) is 0 Å². The van der Waals surface area contributed by atoms with Crippen LogP contribution in [0.3, 0.4) is 0 Å². The molecule has 27 heavy (non-hydrogen) atoms. The third-order valence-electron chi connectivity index (χ3n) is 6.32. The summed E-state index contributed by atoms with van der Waals surface area (Å²) < 4.78 is 0. The molecule has 3 nitrogen and oxygen atoms in total. The van der Waals surface area contributed by atoms with E-state index in [0.29, 0.717) is 18.3 Å². The maximum Gasteiger partial charge on any atom is 0.0755 e. The fourth-order valence-corrected chi connectivity index (χ4v) is 4.63. The van der Waals surface area contributed by atoms with Crippen LogP contribution in [0, 0.1) is 35.5 Å². The van der Waals surface area contributed by atoms with Gasteiger partial charge < -0.3 is 15.1 Å². The van der Waals surface area contributed by atoms with Gasteiger partial charge >= 0.3 is 0 Å². The second-order valence-corrected chi connectivity index (χ2v) is 8.86. The molecule has 2 N–H and O–H groups in total. The van der Waals surface area contributed by atoms with E-state index in [1.807, 2.05) is 19.9 Å². The first-order valence-electron chi connectivity index (χ1n) is 10.7. The molecule has 152 valence electrons. The first kappa shape index (κ1) is 22.2. The smallest absolute Gasteiger partial charge is 0.0755 e. The van der Waals surface area contributed by atoms with Crippen molar-refractivity contribution in [3.63, 3.8) is 0 Å². The summed E-state index contributed by atoms with van der Waals surface area (Å²) in [6.07, 6.45) is 13.3. The minimum Gasteiger partial charge on any atom is -0.392 e. The summed E-state index contributed by atoms with van der Waals surface area (Å²) in [4.78, 5) is 2.25. The largest absolute Gasteiger partial charge is 0.392 e. The Bertz CT molecular complexity index is 569. The van der Waals surface area contributed by atoms with E-state index in [4.69, 9.17) is 0 Å². The van der Waals surface area contributed by atoms with Crippen LogP contribution < -0.4 is 0 Å². The number of aliphatic hydroxyl groups excluding tert-OH is 2. The zero-order chi connectivity index (χ0) is 19.8. The van der Waals surface area contributed by atoms with Gasteiger partial charge in [0.05, 0.1) is 12.2 Å². The van der Waals surface area contributed by atoms with Gasteiger partial charge in [-0.05, 0) is 83.8 Å². The van der Waals surface area contributed by atoms with Crippen LogP contribution in [0.2, 0.25) is 0 Å². The molecule has 2 saturated carbocycles. The van der Waals surface area contributed by atoms with Gasteiger partial charge in [0.15, 0.2) is 0 Å². The Kier molecular flexibility index (Phi) is 9.09. The number of aliphatic hydroxyl groups is 2. The van der Waals surface area contributed by atoms with Gasteiger partial charge in [-0.1, -0.05) is 30.7 Å². The fourth-order valence-electron chi connectivity index (χ4n) is 4.63. The van der Waals surface area contributed by atoms with E-state index < -0.39 is 6.10 Å². The highest BCUT2D eigenvalue weighted by Crippen LogP contribution is 2.50. The van der Waals surface area contributed by atoms with E-state index in [2.05, 4.69) is 43.0 Å². The Hall–Kier alpha value is -1.08. The lowest BCUT2D eigenvalue weighted by Crippen LogP contribution is -2.19. The topological polar surface area (TPSA) is 43.7 Å². The summed E-state index contributed by atoms with van der Waals surface area (Å²) >= 11 is 0. The summed E-state index contributed by atoms with van der Waals surface area (Å²) in [5.74, 6) is 7.40. The van der Waals surface area contributed by atoms with Crippen molar-refractivity contribution in [2.45, 2.75) is 71.0 Å². The number of fused-ring (bicyclic) bond motifs is 1. The van der Waals surface area contributed by atoms with Crippen molar-refractivity contribution in [2.24, 2.45) is 23.7 Å². The molecule has 0 bridgehead atoms. The van der Waals surface area contributed by atoms with E-state index in [-0.39, 0.29) is 17.9 Å². The van der Waals surface area contributed by atoms with Gasteiger partial charge in [0.2, 0.25) is 0 Å². The minimum atomic E-state index is -0.481. The maximum atomic E-state index is 10.5. The molecule has 0 amide bonds. The Morgan fingerprint density at radius 3 is 2.74 bits per heavy atom. The lowest BCUT2D eigenvalue weighted by molar-refractivity contribution is 0.137. The van der Waals surface area contributed by atoms with E-state index in [1.165, 1.54) is 19.3 Å². The van der Waals surface area contributed by atoms with Gasteiger partial charge in [0, 0.05) is 12.3 Å². The number of rotatable bonds is 9. The molecule has 2 rings (SSSR count). The third-order valence-corrected chi connectivity index (χ3v) is 6.32. The fraction of sp³-hybridized carbons (Fsp3) is 0.750. The quantitative estimate of drug-likeness (QED) is 0.364. The van der Waals surface area contributed by atoms with Gasteiger partial charge in [0.1, 0.15) is 0 Å². The lowest BCUT2D eigenvalue weighted by Gasteiger charge is -2.19. The average molecular weight is 374 g/mol. The molecule has 0 aromatic carbocycles. The standard InChI is InChI=1S/C24H39NO2/c1-5-6-10-18(2)23(26)13-12-21-22-16-19(15-20(22)17-24(21)27)11-8-7-9-14-25(3)4/h11-13,18,20-24,26-27H,7-10,14-17H2,1-4H3/b13-12+,19-11+/t18-,20-,21+,22-,23+,24+/m0/s1. The molecule has 0 heterocycles. The highest BCUT2D eigenvalue weighted by atomic mass is 16.3. The highest BCUT2D eigenvalue weighted by Gasteiger charge is 2.44. The molecule has 2 fully saturated rings. The summed E-state index contributed by atoms with van der Waals surface area (Å²) in [6, 6.07) is 0. The van der Waals surface area contributed by atoms with Crippen LogP contribution in [-0.4, -0.2) is 48.0 Å². The molecule has 3 heteroatoms. The van der Waals surface area contributed by atoms with Crippen molar-refractivity contribution in [3.05, 3.63) is 23.8 Å². The average Bonchev–Trinajstić information content (AvgIpc) is 3.13. The van der Waals surface area contributed by atoms with Gasteiger partial charge in [-0.2, -0.15) is 0 Å². The van der Waals surface area contributed by atoms with Crippen molar-refractivity contribution in [1.82, 2.24) is 4.90 Å². The van der Waals surface area contributed by atoms with Crippen LogP contribution in [0.1, 0.15) is 58.8 Å². The van der Waals surface area contributed by atoms with Crippen LogP contribution >= 0.6 is 0 Å². The summed E-state index contributed by atoms with van der Waals surface area (Å²) in [6.45, 7) is 5.02. The molecule has 0 aliphatic heterocycles. The predicted octanol–water partition coefficient (Wildman–Crippen LogP) is 4.02. The van der Waals surface area contributed by atoms with Gasteiger partial charge in [-0.15, -0.1) is 11.8 Å². The summed E-state index contributed by atoms with van der Waals surface area (Å²) in [7, 11) is 4.26. The normalized spacial score (nSPS) is 31.3. The molecule has 0 aromatic heterocycles. The van der Waals surface area contributed by atoms with Gasteiger partial charge in [-0.25, -0.2) is 0 Å². The number of unbranched alkanes of at least 4 members (excludes halogenated alkanes) is 2. The number of nitrogens with zero attached hydrogens (tertiary/aromatic N) is 1. The van der Waals surface area contributed by atoms with Crippen LogP contribution in [0.5, 0.6) is 0 Å². The number of hydrogen-bond acceptors (Lipinski definition) is 3. The second-order valence-electron chi connectivity index (χ2n) is 8.86. The first-order chi connectivity index (χ1) is 12.9. The molecule has 0 unspecified atom stereocenters. The van der Waals surface area contributed by atoms with Crippen molar-refractivity contribution >= 4 is 0 Å². The lowest BCUT2D eigenvalue weighted by atomic mass is 9.89. The van der Waals surface area contributed by atoms with Crippen molar-refractivity contribution in [3.8, 4) is 11.8 Å². The maximum absolute atomic E-state index is 10.5. The summed E-state index contributed by atoms with van der Waals surface area (Å²) in [5, 5.41) is 20.8. The van der Waals surface area contributed by atoms with E-state index in [1.54, 1.807) is 5.57 Å². The SMILES string of the molecule is CC#CC[C@H](C)[C@H](O)/C=C/[C@@H]1[C@H]2C/C(=C/CCCCN(C)C)C[C@H]2C[C@H]1O. The van der Waals surface area contributed by atoms with E-state index in [0.717, 1.165) is 25.8 Å². The van der Waals surface area contributed by atoms with E-state index in [9.17, 15) is 10.2 Å². The molecule has 0 saturated heterocycles.